The smallest absolute Gasteiger partial charge is 0.264 e. The van der Waals surface area contributed by atoms with Crippen LogP contribution in [0.25, 0.3) is 0 Å². The minimum atomic E-state index is -4.19. The van der Waals surface area contributed by atoms with Gasteiger partial charge in [-0.05, 0) is 86.8 Å². The third kappa shape index (κ3) is 7.80. The number of amides is 2. The molecule has 10 heteroatoms. The maximum absolute atomic E-state index is 13.9. The molecule has 0 aliphatic heterocycles. The van der Waals surface area contributed by atoms with Gasteiger partial charge in [-0.2, -0.15) is 0 Å². The number of carbonyl (C=O) groups is 2. The molecule has 3 aromatic rings. The Morgan fingerprint density at radius 3 is 2.23 bits per heavy atom. The molecule has 0 aromatic heterocycles. The Labute approximate surface area is 234 Å². The van der Waals surface area contributed by atoms with E-state index in [0.29, 0.717) is 22.7 Å². The van der Waals surface area contributed by atoms with Crippen molar-refractivity contribution >= 4 is 39.1 Å². The van der Waals surface area contributed by atoms with Crippen molar-refractivity contribution in [1.82, 2.24) is 10.2 Å². The SMILES string of the molecule is CCC(C)NC(=O)C(C)N(Cc1ccc(F)cc1)C(=O)CN(c1cccc(C)c1)S(=O)(=O)c1ccc(Cl)cc1. The van der Waals surface area contributed by atoms with Crippen molar-refractivity contribution in [2.45, 2.75) is 57.6 Å². The van der Waals surface area contributed by atoms with Crippen LogP contribution >= 0.6 is 11.6 Å². The van der Waals surface area contributed by atoms with Crippen molar-refractivity contribution in [3.05, 3.63) is 94.8 Å². The van der Waals surface area contributed by atoms with Crippen LogP contribution in [-0.4, -0.2) is 43.8 Å². The number of aryl methyl sites for hydroxylation is 1. The molecule has 0 aliphatic carbocycles. The summed E-state index contributed by atoms with van der Waals surface area (Å²) in [6.45, 7) is 6.62. The summed E-state index contributed by atoms with van der Waals surface area (Å²) in [5.74, 6) is -1.40. The summed E-state index contributed by atoms with van der Waals surface area (Å²) in [5.41, 5.74) is 1.70. The van der Waals surface area contributed by atoms with E-state index >= 15 is 0 Å². The second-order valence-electron chi connectivity index (χ2n) is 9.45. The molecule has 7 nitrogen and oxygen atoms in total. The molecule has 0 bridgehead atoms. The van der Waals surface area contributed by atoms with Crippen molar-refractivity contribution in [3.63, 3.8) is 0 Å². The van der Waals surface area contributed by atoms with Gasteiger partial charge in [0.25, 0.3) is 10.0 Å². The van der Waals surface area contributed by atoms with Gasteiger partial charge in [0, 0.05) is 17.6 Å². The maximum atomic E-state index is 13.9. The van der Waals surface area contributed by atoms with Crippen LogP contribution in [0.5, 0.6) is 0 Å². The Balaban J connectivity index is 2.02. The number of anilines is 1. The van der Waals surface area contributed by atoms with Crippen LogP contribution < -0.4 is 9.62 Å². The molecule has 208 valence electrons. The van der Waals surface area contributed by atoms with Gasteiger partial charge in [-0.15, -0.1) is 0 Å². The Morgan fingerprint density at radius 1 is 1.00 bits per heavy atom. The number of hydrogen-bond acceptors (Lipinski definition) is 4. The first-order chi connectivity index (χ1) is 18.4. The van der Waals surface area contributed by atoms with Crippen molar-refractivity contribution in [2.75, 3.05) is 10.8 Å². The first-order valence-corrected chi connectivity index (χ1v) is 14.4. The molecule has 0 radical (unpaired) electrons. The number of hydrogen-bond donors (Lipinski definition) is 1. The molecule has 1 N–H and O–H groups in total. The quantitative estimate of drug-likeness (QED) is 0.337. The molecule has 0 aliphatic rings. The Morgan fingerprint density at radius 2 is 1.64 bits per heavy atom. The standard InChI is InChI=1S/C29H33ClFN3O4S/c1-5-21(3)32-29(36)22(4)33(18-23-9-13-25(31)14-10-23)28(35)19-34(26-8-6-7-20(2)17-26)39(37,38)27-15-11-24(30)12-16-27/h6-17,21-22H,5,18-19H2,1-4H3,(H,32,36). The van der Waals surface area contributed by atoms with E-state index in [2.05, 4.69) is 5.32 Å². The predicted molar refractivity (Wildman–Crippen MR) is 151 cm³/mol. The van der Waals surface area contributed by atoms with E-state index in [1.165, 1.54) is 53.4 Å². The molecular formula is C29H33ClFN3O4S. The summed E-state index contributed by atoms with van der Waals surface area (Å²) in [6.07, 6.45) is 0.699. The van der Waals surface area contributed by atoms with Gasteiger partial charge < -0.3 is 10.2 Å². The van der Waals surface area contributed by atoms with Crippen molar-refractivity contribution < 1.29 is 22.4 Å². The topological polar surface area (TPSA) is 86.8 Å². The van der Waals surface area contributed by atoms with E-state index in [0.717, 1.165) is 9.87 Å². The van der Waals surface area contributed by atoms with Crippen molar-refractivity contribution in [2.24, 2.45) is 0 Å². The molecular weight excluding hydrogens is 541 g/mol. The number of nitrogens with one attached hydrogen (secondary N) is 1. The summed E-state index contributed by atoms with van der Waals surface area (Å²) < 4.78 is 42.1. The minimum Gasteiger partial charge on any atom is -0.352 e. The van der Waals surface area contributed by atoms with Crippen molar-refractivity contribution in [3.8, 4) is 0 Å². The molecule has 2 unspecified atom stereocenters. The van der Waals surface area contributed by atoms with Gasteiger partial charge >= 0.3 is 0 Å². The molecule has 0 spiro atoms. The summed E-state index contributed by atoms with van der Waals surface area (Å²) in [6, 6.07) is 17.0. The van der Waals surface area contributed by atoms with E-state index in [1.54, 1.807) is 25.1 Å². The molecule has 39 heavy (non-hydrogen) atoms. The van der Waals surface area contributed by atoms with Gasteiger partial charge in [0.1, 0.15) is 18.4 Å². The third-order valence-electron chi connectivity index (χ3n) is 6.40. The zero-order valence-electron chi connectivity index (χ0n) is 22.4. The van der Waals surface area contributed by atoms with E-state index in [9.17, 15) is 22.4 Å². The Hall–Kier alpha value is -3.43. The average Bonchev–Trinajstić information content (AvgIpc) is 2.90. The summed E-state index contributed by atoms with van der Waals surface area (Å²) in [7, 11) is -4.19. The lowest BCUT2D eigenvalue weighted by Gasteiger charge is -2.32. The number of rotatable bonds is 11. The van der Waals surface area contributed by atoms with Crippen LogP contribution in [0.15, 0.2) is 77.7 Å². The fraction of sp³-hybridized carbons (Fsp3) is 0.310. The Kier molecular flexibility index (Phi) is 10.1. The highest BCUT2D eigenvalue weighted by Gasteiger charge is 2.32. The molecule has 2 atom stereocenters. The molecule has 2 amide bonds. The first-order valence-electron chi connectivity index (χ1n) is 12.6. The van der Waals surface area contributed by atoms with E-state index in [4.69, 9.17) is 11.6 Å². The summed E-state index contributed by atoms with van der Waals surface area (Å²) >= 11 is 5.97. The van der Waals surface area contributed by atoms with Crippen LogP contribution in [-0.2, 0) is 26.2 Å². The number of halogens is 2. The number of benzene rings is 3. The zero-order valence-corrected chi connectivity index (χ0v) is 24.0. The van der Waals surface area contributed by atoms with Gasteiger partial charge in [0.15, 0.2) is 0 Å². The number of nitrogens with zero attached hydrogens (tertiary/aromatic N) is 2. The van der Waals surface area contributed by atoms with Crippen LogP contribution in [0.4, 0.5) is 10.1 Å². The molecule has 3 aromatic carbocycles. The average molecular weight is 574 g/mol. The third-order valence-corrected chi connectivity index (χ3v) is 8.44. The molecule has 0 fully saturated rings. The largest absolute Gasteiger partial charge is 0.352 e. The summed E-state index contributed by atoms with van der Waals surface area (Å²) in [5, 5.41) is 3.25. The van der Waals surface area contributed by atoms with Crippen LogP contribution in [0.2, 0.25) is 5.02 Å². The molecule has 0 saturated heterocycles. The maximum Gasteiger partial charge on any atom is 0.264 e. The fourth-order valence-corrected chi connectivity index (χ4v) is 5.41. The predicted octanol–water partition coefficient (Wildman–Crippen LogP) is 5.31. The lowest BCUT2D eigenvalue weighted by atomic mass is 10.1. The van der Waals surface area contributed by atoms with Crippen LogP contribution in [0, 0.1) is 12.7 Å². The highest BCUT2D eigenvalue weighted by molar-refractivity contribution is 7.92. The van der Waals surface area contributed by atoms with E-state index in [-0.39, 0.29) is 23.4 Å². The highest BCUT2D eigenvalue weighted by atomic mass is 35.5. The molecule has 3 rings (SSSR count). The number of sulfonamides is 1. The number of carbonyl (C=O) groups excluding carboxylic acids is 2. The zero-order chi connectivity index (χ0) is 28.7. The molecule has 0 saturated carbocycles. The van der Waals surface area contributed by atoms with Gasteiger partial charge in [-0.1, -0.05) is 42.8 Å². The van der Waals surface area contributed by atoms with Crippen LogP contribution in [0.1, 0.15) is 38.3 Å². The van der Waals surface area contributed by atoms with E-state index < -0.39 is 34.3 Å². The van der Waals surface area contributed by atoms with Crippen LogP contribution in [0.3, 0.4) is 0 Å². The monoisotopic (exact) mass is 573 g/mol. The lowest BCUT2D eigenvalue weighted by molar-refractivity contribution is -0.139. The summed E-state index contributed by atoms with van der Waals surface area (Å²) in [4.78, 5) is 28.2. The lowest BCUT2D eigenvalue weighted by Crippen LogP contribution is -2.52. The fourth-order valence-electron chi connectivity index (χ4n) is 3.88. The van der Waals surface area contributed by atoms with E-state index in [1.807, 2.05) is 26.8 Å². The minimum absolute atomic E-state index is 0.0170. The normalized spacial score (nSPS) is 12.9. The van der Waals surface area contributed by atoms with Gasteiger partial charge in [0.2, 0.25) is 11.8 Å². The second-order valence-corrected chi connectivity index (χ2v) is 11.7. The van der Waals surface area contributed by atoms with Gasteiger partial charge in [-0.3, -0.25) is 13.9 Å². The van der Waals surface area contributed by atoms with Gasteiger partial charge in [-0.25, -0.2) is 12.8 Å². The van der Waals surface area contributed by atoms with Gasteiger partial charge in [0.05, 0.1) is 10.6 Å². The first kappa shape index (κ1) is 30.1. The van der Waals surface area contributed by atoms with Crippen molar-refractivity contribution in [1.29, 1.82) is 0 Å². The Bertz CT molecular complexity index is 1400. The second kappa shape index (κ2) is 13.1. The highest BCUT2D eigenvalue weighted by Crippen LogP contribution is 2.26. The molecule has 0 heterocycles.